The number of rotatable bonds is 4. The summed E-state index contributed by atoms with van der Waals surface area (Å²) in [7, 11) is 0. The predicted octanol–water partition coefficient (Wildman–Crippen LogP) is 2.20. The average Bonchev–Trinajstić information content (AvgIpc) is 2.61. The van der Waals surface area contributed by atoms with E-state index in [1.54, 1.807) is 23.2 Å². The van der Waals surface area contributed by atoms with Crippen LogP contribution in [0, 0.1) is 5.82 Å². The molecule has 23 heavy (non-hydrogen) atoms. The largest absolute Gasteiger partial charge is 0.484 e. The fourth-order valence-corrected chi connectivity index (χ4v) is 2.41. The highest BCUT2D eigenvalue weighted by atomic mass is 19.1. The summed E-state index contributed by atoms with van der Waals surface area (Å²) in [6, 6.07) is 11.3. The number of nitrogens with zero attached hydrogens (tertiary/aromatic N) is 2. The zero-order valence-corrected chi connectivity index (χ0v) is 12.5. The van der Waals surface area contributed by atoms with E-state index in [-0.39, 0.29) is 18.6 Å². The van der Waals surface area contributed by atoms with Gasteiger partial charge in [-0.3, -0.25) is 9.78 Å². The Kier molecular flexibility index (Phi) is 4.83. The summed E-state index contributed by atoms with van der Waals surface area (Å²) in [5, 5.41) is 0. The van der Waals surface area contributed by atoms with E-state index >= 15 is 0 Å². The molecule has 6 heteroatoms. The molecule has 1 aromatic carbocycles. The monoisotopic (exact) mass is 316 g/mol. The molecule has 1 atom stereocenters. The van der Waals surface area contributed by atoms with Gasteiger partial charge in [-0.25, -0.2) is 4.39 Å². The van der Waals surface area contributed by atoms with Crippen LogP contribution in [-0.4, -0.2) is 42.1 Å². The van der Waals surface area contributed by atoms with Gasteiger partial charge < -0.3 is 14.4 Å². The summed E-state index contributed by atoms with van der Waals surface area (Å²) in [6.07, 6.45) is 1.47. The Morgan fingerprint density at radius 2 is 2.26 bits per heavy atom. The maximum Gasteiger partial charge on any atom is 0.260 e. The second kappa shape index (κ2) is 7.19. The second-order valence-electron chi connectivity index (χ2n) is 5.20. The van der Waals surface area contributed by atoms with Crippen LogP contribution in [0.2, 0.25) is 0 Å². The Hall–Kier alpha value is -2.47. The second-order valence-corrected chi connectivity index (χ2v) is 5.20. The van der Waals surface area contributed by atoms with Crippen molar-refractivity contribution in [1.29, 1.82) is 0 Å². The van der Waals surface area contributed by atoms with Crippen LogP contribution in [0.3, 0.4) is 0 Å². The van der Waals surface area contributed by atoms with Gasteiger partial charge in [-0.2, -0.15) is 0 Å². The smallest absolute Gasteiger partial charge is 0.260 e. The lowest BCUT2D eigenvalue weighted by Crippen LogP contribution is -2.44. The number of aromatic nitrogens is 1. The van der Waals surface area contributed by atoms with Gasteiger partial charge in [0.1, 0.15) is 17.7 Å². The fourth-order valence-electron chi connectivity index (χ4n) is 2.41. The minimum Gasteiger partial charge on any atom is -0.484 e. The van der Waals surface area contributed by atoms with Crippen LogP contribution in [0.5, 0.6) is 5.75 Å². The highest BCUT2D eigenvalue weighted by Gasteiger charge is 2.26. The molecule has 1 aliphatic heterocycles. The lowest BCUT2D eigenvalue weighted by Gasteiger charge is -2.32. The van der Waals surface area contributed by atoms with Crippen LogP contribution in [-0.2, 0) is 9.53 Å². The van der Waals surface area contributed by atoms with Gasteiger partial charge in [0.25, 0.3) is 5.91 Å². The average molecular weight is 316 g/mol. The van der Waals surface area contributed by atoms with E-state index in [9.17, 15) is 9.18 Å². The van der Waals surface area contributed by atoms with E-state index in [1.807, 2.05) is 18.2 Å². The Bertz CT molecular complexity index is 666. The molecule has 0 unspecified atom stereocenters. The molecule has 1 aromatic heterocycles. The van der Waals surface area contributed by atoms with Crippen molar-refractivity contribution in [3.63, 3.8) is 0 Å². The van der Waals surface area contributed by atoms with Gasteiger partial charge in [0.15, 0.2) is 6.61 Å². The number of amides is 1. The van der Waals surface area contributed by atoms with Crippen molar-refractivity contribution < 1.29 is 18.7 Å². The van der Waals surface area contributed by atoms with Crippen molar-refractivity contribution >= 4 is 5.91 Å². The van der Waals surface area contributed by atoms with Crippen LogP contribution < -0.4 is 4.74 Å². The van der Waals surface area contributed by atoms with Gasteiger partial charge in [0.2, 0.25) is 0 Å². The van der Waals surface area contributed by atoms with Crippen LogP contribution in [0.4, 0.5) is 4.39 Å². The zero-order chi connectivity index (χ0) is 16.1. The summed E-state index contributed by atoms with van der Waals surface area (Å²) in [5.41, 5.74) is 0.802. The number of hydrogen-bond donors (Lipinski definition) is 0. The quantitative estimate of drug-likeness (QED) is 0.868. The van der Waals surface area contributed by atoms with Crippen molar-refractivity contribution in [1.82, 2.24) is 9.88 Å². The van der Waals surface area contributed by atoms with Crippen molar-refractivity contribution in [3.05, 3.63) is 60.2 Å². The maximum atomic E-state index is 13.1. The third-order valence-corrected chi connectivity index (χ3v) is 3.60. The summed E-state index contributed by atoms with van der Waals surface area (Å²) in [4.78, 5) is 18.2. The first-order valence-electron chi connectivity index (χ1n) is 7.41. The van der Waals surface area contributed by atoms with Crippen molar-refractivity contribution in [2.75, 3.05) is 26.3 Å². The Labute approximate surface area is 133 Å². The minimum absolute atomic E-state index is 0.127. The first kappa shape index (κ1) is 15.4. The molecule has 5 nitrogen and oxygen atoms in total. The number of benzene rings is 1. The maximum absolute atomic E-state index is 13.1. The number of hydrogen-bond acceptors (Lipinski definition) is 4. The van der Waals surface area contributed by atoms with Gasteiger partial charge in [0, 0.05) is 18.8 Å². The molecule has 0 saturated carbocycles. The van der Waals surface area contributed by atoms with Gasteiger partial charge in [-0.15, -0.1) is 0 Å². The van der Waals surface area contributed by atoms with Crippen LogP contribution in [0.15, 0.2) is 48.7 Å². The predicted molar refractivity (Wildman–Crippen MR) is 81.4 cm³/mol. The number of carbonyl (C=O) groups excluding carboxylic acids is 1. The van der Waals surface area contributed by atoms with Crippen molar-refractivity contribution in [2.45, 2.75) is 6.10 Å². The molecule has 1 saturated heterocycles. The lowest BCUT2D eigenvalue weighted by molar-refractivity contribution is -0.141. The number of ether oxygens (including phenoxy) is 2. The molecule has 1 fully saturated rings. The summed E-state index contributed by atoms with van der Waals surface area (Å²) in [6.45, 7) is 1.27. The molecule has 1 amide bonds. The summed E-state index contributed by atoms with van der Waals surface area (Å²) in [5.74, 6) is -0.206. The number of carbonyl (C=O) groups is 1. The molecule has 0 bridgehead atoms. The minimum atomic E-state index is -0.392. The molecule has 2 aromatic rings. The molecule has 1 aliphatic rings. The molecule has 0 aliphatic carbocycles. The van der Waals surface area contributed by atoms with Crippen LogP contribution in [0.1, 0.15) is 11.8 Å². The molecule has 3 rings (SSSR count). The van der Waals surface area contributed by atoms with Gasteiger partial charge in [0.05, 0.1) is 18.8 Å². The van der Waals surface area contributed by atoms with Crippen molar-refractivity contribution in [3.8, 4) is 5.75 Å². The first-order chi connectivity index (χ1) is 11.2. The Morgan fingerprint density at radius 3 is 3.04 bits per heavy atom. The van der Waals surface area contributed by atoms with Gasteiger partial charge in [-0.1, -0.05) is 12.1 Å². The SMILES string of the molecule is O=C(COc1cccc(F)c1)N1CCO[C@@H](c2ccccn2)C1. The zero-order valence-electron chi connectivity index (χ0n) is 12.5. The molecule has 0 spiro atoms. The molecular formula is C17H17FN2O3. The number of pyridine rings is 1. The molecule has 2 heterocycles. The molecular weight excluding hydrogens is 299 g/mol. The standard InChI is InChI=1S/C17H17FN2O3/c18-13-4-3-5-14(10-13)23-12-17(21)20-8-9-22-16(11-20)15-6-1-2-7-19-15/h1-7,10,16H,8-9,11-12H2/t16-/m1/s1. The van der Waals surface area contributed by atoms with E-state index in [2.05, 4.69) is 4.98 Å². The molecule has 0 radical (unpaired) electrons. The normalized spacial score (nSPS) is 17.8. The highest BCUT2D eigenvalue weighted by molar-refractivity contribution is 5.77. The highest BCUT2D eigenvalue weighted by Crippen LogP contribution is 2.20. The Balaban J connectivity index is 1.57. The van der Waals surface area contributed by atoms with Crippen LogP contribution >= 0.6 is 0 Å². The Morgan fingerprint density at radius 1 is 1.35 bits per heavy atom. The summed E-state index contributed by atoms with van der Waals surface area (Å²) < 4.78 is 24.1. The third-order valence-electron chi connectivity index (χ3n) is 3.60. The van der Waals surface area contributed by atoms with Gasteiger partial charge >= 0.3 is 0 Å². The number of halogens is 1. The van der Waals surface area contributed by atoms with E-state index < -0.39 is 5.82 Å². The van der Waals surface area contributed by atoms with E-state index in [4.69, 9.17) is 9.47 Å². The lowest BCUT2D eigenvalue weighted by atomic mass is 10.2. The van der Waals surface area contributed by atoms with E-state index in [0.717, 1.165) is 5.69 Å². The van der Waals surface area contributed by atoms with E-state index in [0.29, 0.717) is 25.4 Å². The first-order valence-corrected chi connectivity index (χ1v) is 7.41. The third kappa shape index (κ3) is 4.04. The molecule has 120 valence electrons. The fraction of sp³-hybridized carbons (Fsp3) is 0.294. The van der Waals surface area contributed by atoms with Crippen molar-refractivity contribution in [2.24, 2.45) is 0 Å². The summed E-state index contributed by atoms with van der Waals surface area (Å²) >= 11 is 0. The van der Waals surface area contributed by atoms with E-state index in [1.165, 1.54) is 12.1 Å². The van der Waals surface area contributed by atoms with Crippen LogP contribution in [0.25, 0.3) is 0 Å². The van der Waals surface area contributed by atoms with Gasteiger partial charge in [-0.05, 0) is 24.3 Å². The molecule has 0 N–H and O–H groups in total. The topological polar surface area (TPSA) is 51.7 Å². The number of morpholine rings is 1.